The summed E-state index contributed by atoms with van der Waals surface area (Å²) in [6.07, 6.45) is 0. The molecule has 0 saturated carbocycles. The van der Waals surface area contributed by atoms with Crippen LogP contribution in [-0.2, 0) is 0 Å². The third kappa shape index (κ3) is 3.89. The van der Waals surface area contributed by atoms with E-state index in [0.29, 0.717) is 0 Å². The zero-order chi connectivity index (χ0) is 18.6. The summed E-state index contributed by atoms with van der Waals surface area (Å²) >= 11 is 6.01. The fourth-order valence-electron chi connectivity index (χ4n) is 3.24. The molecule has 4 aromatic carbocycles. The zero-order valence-corrected chi connectivity index (χ0v) is 15.9. The maximum Gasteiger partial charge on any atom is 0.0464 e. The van der Waals surface area contributed by atoms with Crippen LogP contribution in [-0.4, -0.2) is 0 Å². The van der Waals surface area contributed by atoms with E-state index >= 15 is 0 Å². The minimum Gasteiger partial charge on any atom is -0.310 e. The molecule has 0 bridgehead atoms. The monoisotopic (exact) mass is 369 g/mol. The van der Waals surface area contributed by atoms with E-state index in [4.69, 9.17) is 11.6 Å². The molecule has 1 nitrogen and oxygen atoms in total. The second-order valence-corrected chi connectivity index (χ2v) is 7.00. The molecule has 0 aliphatic heterocycles. The topological polar surface area (TPSA) is 3.24 Å². The van der Waals surface area contributed by atoms with E-state index in [9.17, 15) is 0 Å². The Morgan fingerprint density at radius 2 is 1.11 bits per heavy atom. The van der Waals surface area contributed by atoms with Crippen LogP contribution >= 0.6 is 11.6 Å². The van der Waals surface area contributed by atoms with E-state index in [0.717, 1.165) is 27.6 Å². The summed E-state index contributed by atoms with van der Waals surface area (Å²) in [6.45, 7) is 2.12. The molecule has 132 valence electrons. The highest BCUT2D eigenvalue weighted by atomic mass is 35.5. The number of nitrogens with zero attached hydrogens (tertiary/aromatic N) is 1. The van der Waals surface area contributed by atoms with Crippen LogP contribution < -0.4 is 4.90 Å². The lowest BCUT2D eigenvalue weighted by Crippen LogP contribution is -2.09. The van der Waals surface area contributed by atoms with Crippen LogP contribution in [0, 0.1) is 6.92 Å². The van der Waals surface area contributed by atoms with Gasteiger partial charge in [0.05, 0.1) is 0 Å². The van der Waals surface area contributed by atoms with Gasteiger partial charge in [0.25, 0.3) is 0 Å². The molecular weight excluding hydrogens is 350 g/mol. The lowest BCUT2D eigenvalue weighted by molar-refractivity contribution is 1.27. The van der Waals surface area contributed by atoms with Crippen molar-refractivity contribution in [2.45, 2.75) is 6.92 Å². The molecule has 0 fully saturated rings. The molecule has 4 aromatic rings. The van der Waals surface area contributed by atoms with Crippen molar-refractivity contribution < 1.29 is 0 Å². The average Bonchev–Trinajstić information content (AvgIpc) is 2.70. The Hall–Kier alpha value is -3.03. The molecule has 0 aliphatic carbocycles. The third-order valence-corrected chi connectivity index (χ3v) is 4.83. The third-order valence-electron chi connectivity index (χ3n) is 4.58. The predicted octanol–water partition coefficient (Wildman–Crippen LogP) is 7.79. The van der Waals surface area contributed by atoms with Crippen molar-refractivity contribution in [2.75, 3.05) is 4.90 Å². The number of hydrogen-bond donors (Lipinski definition) is 0. The molecule has 0 aromatic heterocycles. The van der Waals surface area contributed by atoms with Gasteiger partial charge < -0.3 is 4.90 Å². The summed E-state index contributed by atoms with van der Waals surface area (Å²) < 4.78 is 0. The van der Waals surface area contributed by atoms with Gasteiger partial charge in [-0.3, -0.25) is 0 Å². The van der Waals surface area contributed by atoms with Gasteiger partial charge in [0.2, 0.25) is 0 Å². The number of hydrogen-bond acceptors (Lipinski definition) is 1. The van der Waals surface area contributed by atoms with Crippen LogP contribution in [0.3, 0.4) is 0 Å². The summed E-state index contributed by atoms with van der Waals surface area (Å²) in [4.78, 5) is 2.28. The van der Waals surface area contributed by atoms with Crippen molar-refractivity contribution in [1.29, 1.82) is 0 Å². The van der Waals surface area contributed by atoms with Gasteiger partial charge in [-0.05, 0) is 72.1 Å². The molecule has 27 heavy (non-hydrogen) atoms. The van der Waals surface area contributed by atoms with Crippen LogP contribution in [0.4, 0.5) is 17.1 Å². The summed E-state index contributed by atoms with van der Waals surface area (Å²) in [7, 11) is 0. The molecule has 0 heterocycles. The molecule has 2 heteroatoms. The van der Waals surface area contributed by atoms with Crippen molar-refractivity contribution in [1.82, 2.24) is 0 Å². The van der Waals surface area contributed by atoms with Crippen molar-refractivity contribution in [3.63, 3.8) is 0 Å². The molecule has 0 atom stereocenters. The molecule has 0 unspecified atom stereocenters. The molecule has 0 saturated heterocycles. The first-order chi connectivity index (χ1) is 13.2. The minimum absolute atomic E-state index is 0.755. The van der Waals surface area contributed by atoms with E-state index < -0.39 is 0 Å². The predicted molar refractivity (Wildman–Crippen MR) is 116 cm³/mol. The second-order valence-electron chi connectivity index (χ2n) is 6.56. The van der Waals surface area contributed by atoms with Gasteiger partial charge in [0.15, 0.2) is 0 Å². The molecule has 0 radical (unpaired) electrons. The number of anilines is 3. The highest BCUT2D eigenvalue weighted by Crippen LogP contribution is 2.35. The van der Waals surface area contributed by atoms with Crippen molar-refractivity contribution in [3.05, 3.63) is 114 Å². The van der Waals surface area contributed by atoms with Crippen molar-refractivity contribution in [2.24, 2.45) is 0 Å². The normalized spacial score (nSPS) is 10.6. The van der Waals surface area contributed by atoms with Crippen molar-refractivity contribution >= 4 is 28.7 Å². The van der Waals surface area contributed by atoms with Gasteiger partial charge in [-0.2, -0.15) is 0 Å². The Morgan fingerprint density at radius 1 is 0.556 bits per heavy atom. The first-order valence-corrected chi connectivity index (χ1v) is 9.36. The first-order valence-electron chi connectivity index (χ1n) is 8.98. The van der Waals surface area contributed by atoms with E-state index in [1.807, 2.05) is 30.3 Å². The molecule has 4 rings (SSSR count). The van der Waals surface area contributed by atoms with Gasteiger partial charge in [0, 0.05) is 22.1 Å². The Kier molecular flexibility index (Phi) is 4.95. The van der Waals surface area contributed by atoms with Crippen LogP contribution in [0.1, 0.15) is 5.56 Å². The SMILES string of the molecule is Cc1cccc(N(c2ccccc2)c2ccc(-c3ccc(Cl)cc3)cc2)c1. The largest absolute Gasteiger partial charge is 0.310 e. The number of rotatable bonds is 4. The lowest BCUT2D eigenvalue weighted by atomic mass is 10.0. The van der Waals surface area contributed by atoms with Gasteiger partial charge in [0.1, 0.15) is 0 Å². The van der Waals surface area contributed by atoms with Gasteiger partial charge in [-0.15, -0.1) is 0 Å². The van der Waals surface area contributed by atoms with Crippen LogP contribution in [0.2, 0.25) is 5.02 Å². The molecule has 0 N–H and O–H groups in total. The van der Waals surface area contributed by atoms with E-state index in [1.165, 1.54) is 11.1 Å². The average molecular weight is 370 g/mol. The number of benzene rings is 4. The molecule has 0 aliphatic rings. The Labute approximate surface area is 165 Å². The summed E-state index contributed by atoms with van der Waals surface area (Å²) in [5.41, 5.74) is 7.00. The molecule has 0 spiro atoms. The van der Waals surface area contributed by atoms with E-state index in [-0.39, 0.29) is 0 Å². The van der Waals surface area contributed by atoms with Crippen molar-refractivity contribution in [3.8, 4) is 11.1 Å². The fourth-order valence-corrected chi connectivity index (χ4v) is 3.36. The minimum atomic E-state index is 0.755. The standard InChI is InChI=1S/C25H20ClN/c1-19-6-5-9-25(18-19)27(23-7-3-2-4-8-23)24-16-12-21(13-17-24)20-10-14-22(26)15-11-20/h2-18H,1H3. The Balaban J connectivity index is 1.75. The van der Waals surface area contributed by atoms with Crippen LogP contribution in [0.5, 0.6) is 0 Å². The number of aryl methyl sites for hydroxylation is 1. The van der Waals surface area contributed by atoms with E-state index in [1.54, 1.807) is 0 Å². The Morgan fingerprint density at radius 3 is 1.74 bits per heavy atom. The molecular formula is C25H20ClN. The summed E-state index contributed by atoms with van der Waals surface area (Å²) in [6, 6.07) is 35.6. The van der Waals surface area contributed by atoms with Crippen LogP contribution in [0.15, 0.2) is 103 Å². The Bertz CT molecular complexity index is 1020. The maximum atomic E-state index is 6.01. The molecule has 0 amide bonds. The first kappa shape index (κ1) is 17.4. The van der Waals surface area contributed by atoms with Gasteiger partial charge in [-0.1, -0.05) is 66.2 Å². The lowest BCUT2D eigenvalue weighted by Gasteiger charge is -2.26. The van der Waals surface area contributed by atoms with Crippen LogP contribution in [0.25, 0.3) is 11.1 Å². The fraction of sp³-hybridized carbons (Fsp3) is 0.0400. The zero-order valence-electron chi connectivity index (χ0n) is 15.1. The maximum absolute atomic E-state index is 6.01. The second kappa shape index (κ2) is 7.69. The summed E-state index contributed by atoms with van der Waals surface area (Å²) in [5, 5.41) is 0.755. The number of halogens is 1. The highest BCUT2D eigenvalue weighted by molar-refractivity contribution is 6.30. The van der Waals surface area contributed by atoms with E-state index in [2.05, 4.69) is 84.6 Å². The smallest absolute Gasteiger partial charge is 0.0464 e. The van der Waals surface area contributed by atoms with Gasteiger partial charge >= 0.3 is 0 Å². The quantitative estimate of drug-likeness (QED) is 0.355. The highest BCUT2D eigenvalue weighted by Gasteiger charge is 2.12. The summed E-state index contributed by atoms with van der Waals surface area (Å²) in [5.74, 6) is 0. The van der Waals surface area contributed by atoms with Gasteiger partial charge in [-0.25, -0.2) is 0 Å². The number of para-hydroxylation sites is 1.